The van der Waals surface area contributed by atoms with Gasteiger partial charge in [0.1, 0.15) is 6.04 Å². The third-order valence-electron chi connectivity index (χ3n) is 3.65. The van der Waals surface area contributed by atoms with Crippen LogP contribution in [0.2, 0.25) is 0 Å². The van der Waals surface area contributed by atoms with Crippen LogP contribution in [0, 0.1) is 6.92 Å². The summed E-state index contributed by atoms with van der Waals surface area (Å²) in [5.41, 5.74) is 1.48. The molecule has 1 N–H and O–H groups in total. The first kappa shape index (κ1) is 15.0. The van der Waals surface area contributed by atoms with Crippen LogP contribution in [0.3, 0.4) is 0 Å². The van der Waals surface area contributed by atoms with Crippen molar-refractivity contribution in [1.82, 2.24) is 10.2 Å². The first-order valence-electron chi connectivity index (χ1n) is 6.85. The van der Waals surface area contributed by atoms with E-state index in [0.717, 1.165) is 36.0 Å². The van der Waals surface area contributed by atoms with E-state index in [1.165, 1.54) is 0 Å². The monoisotopic (exact) mass is 338 g/mol. The highest BCUT2D eigenvalue weighted by atomic mass is 79.9. The van der Waals surface area contributed by atoms with E-state index in [1.54, 1.807) is 13.0 Å². The molecule has 2 amide bonds. The van der Waals surface area contributed by atoms with Crippen molar-refractivity contribution in [3.8, 4) is 0 Å². The van der Waals surface area contributed by atoms with E-state index in [-0.39, 0.29) is 11.8 Å². The topological polar surface area (TPSA) is 49.4 Å². The highest BCUT2D eigenvalue weighted by Crippen LogP contribution is 2.19. The number of amides is 2. The third-order valence-corrected chi connectivity index (χ3v) is 4.51. The van der Waals surface area contributed by atoms with Gasteiger partial charge in [0, 0.05) is 23.1 Å². The van der Waals surface area contributed by atoms with Crippen LogP contribution in [-0.2, 0) is 4.79 Å². The Labute approximate surface area is 127 Å². The van der Waals surface area contributed by atoms with Crippen molar-refractivity contribution in [3.05, 3.63) is 33.8 Å². The molecule has 4 nitrogen and oxygen atoms in total. The van der Waals surface area contributed by atoms with Crippen molar-refractivity contribution >= 4 is 27.7 Å². The standard InChI is InChI=1S/C15H19BrN2O2/c1-10-12(6-5-7-13(10)16)14(19)17-11(2)15(20)18-8-3-4-9-18/h5-7,11H,3-4,8-9H2,1-2H3,(H,17,19). The second kappa shape index (κ2) is 6.39. The Kier molecular flexibility index (Phi) is 4.81. The van der Waals surface area contributed by atoms with Gasteiger partial charge < -0.3 is 10.2 Å². The fourth-order valence-electron chi connectivity index (χ4n) is 2.40. The van der Waals surface area contributed by atoms with Crippen molar-refractivity contribution in [3.63, 3.8) is 0 Å². The predicted octanol–water partition coefficient (Wildman–Crippen LogP) is 2.50. The van der Waals surface area contributed by atoms with E-state index in [9.17, 15) is 9.59 Å². The Hall–Kier alpha value is -1.36. The van der Waals surface area contributed by atoms with E-state index in [0.29, 0.717) is 5.56 Å². The van der Waals surface area contributed by atoms with E-state index in [4.69, 9.17) is 0 Å². The molecule has 0 aromatic heterocycles. The lowest BCUT2D eigenvalue weighted by Crippen LogP contribution is -2.46. The van der Waals surface area contributed by atoms with Gasteiger partial charge in [-0.05, 0) is 44.4 Å². The second-order valence-electron chi connectivity index (χ2n) is 5.14. The number of hydrogen-bond acceptors (Lipinski definition) is 2. The molecule has 1 unspecified atom stereocenters. The maximum Gasteiger partial charge on any atom is 0.252 e. The zero-order valence-corrected chi connectivity index (χ0v) is 13.4. The third kappa shape index (κ3) is 3.20. The summed E-state index contributed by atoms with van der Waals surface area (Å²) in [4.78, 5) is 26.2. The van der Waals surface area contributed by atoms with Gasteiger partial charge in [-0.1, -0.05) is 22.0 Å². The molecule has 1 aliphatic heterocycles. The molecule has 5 heteroatoms. The Balaban J connectivity index is 2.03. The molecule has 20 heavy (non-hydrogen) atoms. The molecule has 1 fully saturated rings. The molecule has 2 rings (SSSR count). The number of benzene rings is 1. The minimum absolute atomic E-state index is 0.00324. The molecule has 0 bridgehead atoms. The fraction of sp³-hybridized carbons (Fsp3) is 0.467. The SMILES string of the molecule is Cc1c(Br)cccc1C(=O)NC(C)C(=O)N1CCCC1. The van der Waals surface area contributed by atoms with Crippen LogP contribution in [0.25, 0.3) is 0 Å². The van der Waals surface area contributed by atoms with Gasteiger partial charge in [-0.3, -0.25) is 9.59 Å². The maximum atomic E-state index is 12.2. The van der Waals surface area contributed by atoms with Gasteiger partial charge in [-0.15, -0.1) is 0 Å². The Morgan fingerprint density at radius 2 is 1.95 bits per heavy atom. The number of carbonyl (C=O) groups is 2. The second-order valence-corrected chi connectivity index (χ2v) is 5.99. The highest BCUT2D eigenvalue weighted by molar-refractivity contribution is 9.10. The highest BCUT2D eigenvalue weighted by Gasteiger charge is 2.25. The zero-order valence-electron chi connectivity index (χ0n) is 11.8. The van der Waals surface area contributed by atoms with Crippen molar-refractivity contribution in [1.29, 1.82) is 0 Å². The lowest BCUT2D eigenvalue weighted by molar-refractivity contribution is -0.131. The van der Waals surface area contributed by atoms with Gasteiger partial charge in [0.05, 0.1) is 0 Å². The van der Waals surface area contributed by atoms with Crippen molar-refractivity contribution in [2.24, 2.45) is 0 Å². The normalized spacial score (nSPS) is 16.1. The number of likely N-dealkylation sites (tertiary alicyclic amines) is 1. The summed E-state index contributed by atoms with van der Waals surface area (Å²) in [6.07, 6.45) is 2.11. The average molecular weight is 339 g/mol. The average Bonchev–Trinajstić information content (AvgIpc) is 2.94. The Morgan fingerprint density at radius 1 is 1.30 bits per heavy atom. The van der Waals surface area contributed by atoms with Crippen LogP contribution in [0.1, 0.15) is 35.7 Å². The lowest BCUT2D eigenvalue weighted by Gasteiger charge is -2.21. The van der Waals surface area contributed by atoms with Gasteiger partial charge >= 0.3 is 0 Å². The maximum absolute atomic E-state index is 12.2. The number of nitrogens with zero attached hydrogens (tertiary/aromatic N) is 1. The fourth-order valence-corrected chi connectivity index (χ4v) is 2.77. The molecule has 0 radical (unpaired) electrons. The van der Waals surface area contributed by atoms with Crippen LogP contribution < -0.4 is 5.32 Å². The molecule has 0 aliphatic carbocycles. The van der Waals surface area contributed by atoms with Gasteiger partial charge in [0.2, 0.25) is 5.91 Å². The molecule has 1 aromatic carbocycles. The van der Waals surface area contributed by atoms with Gasteiger partial charge in [0.15, 0.2) is 0 Å². The molecule has 108 valence electrons. The number of nitrogens with one attached hydrogen (secondary N) is 1. The molecule has 0 saturated carbocycles. The largest absolute Gasteiger partial charge is 0.341 e. The van der Waals surface area contributed by atoms with E-state index in [2.05, 4.69) is 21.2 Å². The molecular weight excluding hydrogens is 320 g/mol. The van der Waals surface area contributed by atoms with Gasteiger partial charge in [-0.2, -0.15) is 0 Å². The van der Waals surface area contributed by atoms with Crippen LogP contribution in [0.5, 0.6) is 0 Å². The van der Waals surface area contributed by atoms with Crippen LogP contribution in [0.15, 0.2) is 22.7 Å². The van der Waals surface area contributed by atoms with E-state index >= 15 is 0 Å². The quantitative estimate of drug-likeness (QED) is 0.920. The van der Waals surface area contributed by atoms with E-state index < -0.39 is 6.04 Å². The Morgan fingerprint density at radius 3 is 2.60 bits per heavy atom. The summed E-state index contributed by atoms with van der Waals surface area (Å²) in [5, 5.41) is 2.79. The van der Waals surface area contributed by atoms with Crippen molar-refractivity contribution in [2.45, 2.75) is 32.7 Å². The van der Waals surface area contributed by atoms with Crippen LogP contribution in [-0.4, -0.2) is 35.8 Å². The summed E-state index contributed by atoms with van der Waals surface area (Å²) in [6, 6.07) is 4.99. The minimum Gasteiger partial charge on any atom is -0.341 e. The lowest BCUT2D eigenvalue weighted by atomic mass is 10.1. The molecule has 1 aromatic rings. The first-order valence-corrected chi connectivity index (χ1v) is 7.65. The van der Waals surface area contributed by atoms with Gasteiger partial charge in [0.25, 0.3) is 5.91 Å². The zero-order chi connectivity index (χ0) is 14.7. The predicted molar refractivity (Wildman–Crippen MR) is 81.6 cm³/mol. The summed E-state index contributed by atoms with van der Waals surface area (Å²) in [5.74, 6) is -0.202. The molecule has 1 atom stereocenters. The van der Waals surface area contributed by atoms with Crippen LogP contribution in [0.4, 0.5) is 0 Å². The Bertz CT molecular complexity index is 525. The molecule has 0 spiro atoms. The molecule has 1 saturated heterocycles. The number of carbonyl (C=O) groups excluding carboxylic acids is 2. The van der Waals surface area contributed by atoms with Gasteiger partial charge in [-0.25, -0.2) is 0 Å². The molecule has 1 heterocycles. The number of rotatable bonds is 3. The first-order chi connectivity index (χ1) is 9.50. The summed E-state index contributed by atoms with van der Waals surface area (Å²) in [7, 11) is 0. The van der Waals surface area contributed by atoms with E-state index in [1.807, 2.05) is 24.0 Å². The summed E-state index contributed by atoms with van der Waals surface area (Å²) in [6.45, 7) is 5.22. The van der Waals surface area contributed by atoms with Crippen LogP contribution >= 0.6 is 15.9 Å². The number of halogens is 1. The summed E-state index contributed by atoms with van der Waals surface area (Å²) < 4.78 is 0.892. The molecule has 1 aliphatic rings. The minimum atomic E-state index is -0.487. The number of hydrogen-bond donors (Lipinski definition) is 1. The van der Waals surface area contributed by atoms with Crippen molar-refractivity contribution < 1.29 is 9.59 Å². The summed E-state index contributed by atoms with van der Waals surface area (Å²) >= 11 is 3.41. The smallest absolute Gasteiger partial charge is 0.252 e. The van der Waals surface area contributed by atoms with Crippen molar-refractivity contribution in [2.75, 3.05) is 13.1 Å². The molecular formula is C15H19BrN2O2.